The van der Waals surface area contributed by atoms with Crippen molar-refractivity contribution in [2.45, 2.75) is 6.42 Å². The number of halogens is 3. The summed E-state index contributed by atoms with van der Waals surface area (Å²) in [6, 6.07) is 8.16. The van der Waals surface area contributed by atoms with Gasteiger partial charge < -0.3 is 20.1 Å². The van der Waals surface area contributed by atoms with Crippen molar-refractivity contribution in [3.63, 3.8) is 0 Å². The van der Waals surface area contributed by atoms with Gasteiger partial charge in [0.15, 0.2) is 0 Å². The molecule has 2 aromatic carbocycles. The molecule has 0 radical (unpaired) electrons. The highest BCUT2D eigenvalue weighted by molar-refractivity contribution is 6.42. The van der Waals surface area contributed by atoms with Gasteiger partial charge in [0.25, 0.3) is 0 Å². The third-order valence-electron chi connectivity index (χ3n) is 3.41. The molecule has 0 saturated carbocycles. The lowest BCUT2D eigenvalue weighted by molar-refractivity contribution is 0.252. The normalized spacial score (nSPS) is 10.3. The van der Waals surface area contributed by atoms with Gasteiger partial charge in [-0.3, -0.25) is 0 Å². The summed E-state index contributed by atoms with van der Waals surface area (Å²) in [7, 11) is 3.00. The van der Waals surface area contributed by atoms with Gasteiger partial charge >= 0.3 is 6.03 Å². The fourth-order valence-electron chi connectivity index (χ4n) is 2.14. The SMILES string of the molecule is COc1cc(OC)c(NC(=O)NCCc2ccc(Cl)c(Cl)c2)cc1Cl. The van der Waals surface area contributed by atoms with Crippen LogP contribution >= 0.6 is 34.8 Å². The highest BCUT2D eigenvalue weighted by Crippen LogP contribution is 2.35. The zero-order chi connectivity index (χ0) is 18.4. The second kappa shape index (κ2) is 9.04. The van der Waals surface area contributed by atoms with Crippen LogP contribution in [0.4, 0.5) is 10.5 Å². The van der Waals surface area contributed by atoms with Crippen LogP contribution in [0.5, 0.6) is 11.5 Å². The lowest BCUT2D eigenvalue weighted by Gasteiger charge is -2.13. The highest BCUT2D eigenvalue weighted by Gasteiger charge is 2.12. The predicted molar refractivity (Wildman–Crippen MR) is 102 cm³/mol. The largest absolute Gasteiger partial charge is 0.495 e. The van der Waals surface area contributed by atoms with Crippen molar-refractivity contribution in [3.05, 3.63) is 51.0 Å². The van der Waals surface area contributed by atoms with E-state index in [0.717, 1.165) is 5.56 Å². The number of carbonyl (C=O) groups excluding carboxylic acids is 1. The van der Waals surface area contributed by atoms with E-state index in [0.29, 0.717) is 45.2 Å². The van der Waals surface area contributed by atoms with Crippen molar-refractivity contribution < 1.29 is 14.3 Å². The molecule has 5 nitrogen and oxygen atoms in total. The van der Waals surface area contributed by atoms with E-state index in [1.165, 1.54) is 14.2 Å². The second-order valence-corrected chi connectivity index (χ2v) is 6.29. The molecule has 8 heteroatoms. The average molecular weight is 404 g/mol. The first-order valence-corrected chi connectivity index (χ1v) is 8.48. The Labute approximate surface area is 161 Å². The number of benzene rings is 2. The van der Waals surface area contributed by atoms with E-state index in [9.17, 15) is 4.79 Å². The van der Waals surface area contributed by atoms with E-state index in [1.54, 1.807) is 24.3 Å². The molecule has 0 aliphatic rings. The predicted octanol–water partition coefficient (Wildman–Crippen LogP) is 5.03. The van der Waals surface area contributed by atoms with Gasteiger partial charge in [0.2, 0.25) is 0 Å². The van der Waals surface area contributed by atoms with Gasteiger partial charge in [-0.05, 0) is 30.2 Å². The van der Waals surface area contributed by atoms with Crippen LogP contribution in [0.3, 0.4) is 0 Å². The molecule has 0 bridgehead atoms. The molecular weight excluding hydrogens is 387 g/mol. The molecule has 2 aromatic rings. The third kappa shape index (κ3) is 5.33. The molecule has 0 saturated heterocycles. The van der Waals surface area contributed by atoms with Crippen LogP contribution in [-0.4, -0.2) is 26.8 Å². The van der Waals surface area contributed by atoms with Crippen molar-refractivity contribution >= 4 is 46.5 Å². The first kappa shape index (κ1) is 19.5. The fourth-order valence-corrected chi connectivity index (χ4v) is 2.70. The lowest BCUT2D eigenvalue weighted by atomic mass is 10.1. The summed E-state index contributed by atoms with van der Waals surface area (Å²) in [4.78, 5) is 12.1. The van der Waals surface area contributed by atoms with Crippen LogP contribution in [0.15, 0.2) is 30.3 Å². The lowest BCUT2D eigenvalue weighted by Crippen LogP contribution is -2.30. The van der Waals surface area contributed by atoms with Crippen LogP contribution in [-0.2, 0) is 6.42 Å². The number of carbonyl (C=O) groups is 1. The van der Waals surface area contributed by atoms with E-state index in [1.807, 2.05) is 6.07 Å². The van der Waals surface area contributed by atoms with Crippen LogP contribution in [0.1, 0.15) is 5.56 Å². The van der Waals surface area contributed by atoms with Crippen LogP contribution in [0.25, 0.3) is 0 Å². The van der Waals surface area contributed by atoms with E-state index in [2.05, 4.69) is 10.6 Å². The first-order valence-electron chi connectivity index (χ1n) is 7.35. The minimum absolute atomic E-state index is 0.370. The number of hydrogen-bond acceptors (Lipinski definition) is 3. The zero-order valence-corrected chi connectivity index (χ0v) is 15.9. The minimum Gasteiger partial charge on any atom is -0.495 e. The standard InChI is InChI=1S/C17H17Cl3N2O3/c1-24-15-9-16(25-2)14(8-13(15)20)22-17(23)21-6-5-10-3-4-11(18)12(19)7-10/h3-4,7-9H,5-6H2,1-2H3,(H2,21,22,23). The maximum Gasteiger partial charge on any atom is 0.319 e. The first-order chi connectivity index (χ1) is 11.9. The molecule has 0 fully saturated rings. The van der Waals surface area contributed by atoms with Crippen LogP contribution in [0, 0.1) is 0 Å². The topological polar surface area (TPSA) is 59.6 Å². The van der Waals surface area contributed by atoms with Crippen LogP contribution in [0.2, 0.25) is 15.1 Å². The zero-order valence-electron chi connectivity index (χ0n) is 13.7. The summed E-state index contributed by atoms with van der Waals surface area (Å²) in [5.74, 6) is 0.907. The summed E-state index contributed by atoms with van der Waals surface area (Å²) in [6.45, 7) is 0.427. The van der Waals surface area contributed by atoms with Gasteiger partial charge in [0.05, 0.1) is 35.0 Å². The van der Waals surface area contributed by atoms with Gasteiger partial charge in [-0.2, -0.15) is 0 Å². The Hall–Kier alpha value is -1.82. The van der Waals surface area contributed by atoms with E-state index < -0.39 is 0 Å². The number of nitrogens with one attached hydrogen (secondary N) is 2. The van der Waals surface area contributed by atoms with Gasteiger partial charge in [0.1, 0.15) is 11.5 Å². The Balaban J connectivity index is 1.93. The van der Waals surface area contributed by atoms with Crippen molar-refractivity contribution in [1.29, 1.82) is 0 Å². The third-order valence-corrected chi connectivity index (χ3v) is 4.44. The Morgan fingerprint density at radius 1 is 0.960 bits per heavy atom. The maximum atomic E-state index is 12.1. The molecule has 0 aliphatic heterocycles. The van der Waals surface area contributed by atoms with E-state index in [4.69, 9.17) is 44.3 Å². The second-order valence-electron chi connectivity index (χ2n) is 5.07. The molecule has 0 spiro atoms. The molecule has 2 rings (SSSR count). The maximum absolute atomic E-state index is 12.1. The number of methoxy groups -OCH3 is 2. The van der Waals surface area contributed by atoms with Crippen molar-refractivity contribution in [3.8, 4) is 11.5 Å². The van der Waals surface area contributed by atoms with Crippen molar-refractivity contribution in [2.75, 3.05) is 26.1 Å². The number of amides is 2. The number of anilines is 1. The molecule has 0 atom stereocenters. The van der Waals surface area contributed by atoms with Gasteiger partial charge in [-0.25, -0.2) is 4.79 Å². The van der Waals surface area contributed by atoms with Crippen molar-refractivity contribution in [2.24, 2.45) is 0 Å². The molecule has 0 aliphatic carbocycles. The van der Waals surface area contributed by atoms with Crippen molar-refractivity contribution in [1.82, 2.24) is 5.32 Å². The fraction of sp³-hybridized carbons (Fsp3) is 0.235. The molecule has 25 heavy (non-hydrogen) atoms. The molecule has 134 valence electrons. The molecule has 0 heterocycles. The minimum atomic E-state index is -0.375. The van der Waals surface area contributed by atoms with E-state index in [-0.39, 0.29) is 6.03 Å². The monoisotopic (exact) mass is 402 g/mol. The molecule has 0 unspecified atom stereocenters. The van der Waals surface area contributed by atoms with Gasteiger partial charge in [0, 0.05) is 12.6 Å². The number of urea groups is 1. The van der Waals surface area contributed by atoms with E-state index >= 15 is 0 Å². The summed E-state index contributed by atoms with van der Waals surface area (Å²) in [5.41, 5.74) is 1.42. The Bertz CT molecular complexity index is 769. The summed E-state index contributed by atoms with van der Waals surface area (Å²) in [6.07, 6.45) is 0.616. The average Bonchev–Trinajstić information content (AvgIpc) is 2.58. The van der Waals surface area contributed by atoms with Crippen LogP contribution < -0.4 is 20.1 Å². The van der Waals surface area contributed by atoms with Gasteiger partial charge in [-0.15, -0.1) is 0 Å². The quantitative estimate of drug-likeness (QED) is 0.711. The summed E-state index contributed by atoms with van der Waals surface area (Å²) in [5, 5.41) is 6.81. The Morgan fingerprint density at radius 2 is 1.68 bits per heavy atom. The smallest absolute Gasteiger partial charge is 0.319 e. The number of hydrogen-bond donors (Lipinski definition) is 2. The Kier molecular flexibility index (Phi) is 7.05. The number of rotatable bonds is 6. The molecule has 2 N–H and O–H groups in total. The number of ether oxygens (including phenoxy) is 2. The Morgan fingerprint density at radius 3 is 2.32 bits per heavy atom. The summed E-state index contributed by atoms with van der Waals surface area (Å²) < 4.78 is 10.4. The molecule has 0 aromatic heterocycles. The van der Waals surface area contributed by atoms with Gasteiger partial charge in [-0.1, -0.05) is 40.9 Å². The molecule has 2 amide bonds. The summed E-state index contributed by atoms with van der Waals surface area (Å²) >= 11 is 17.9. The highest BCUT2D eigenvalue weighted by atomic mass is 35.5. The molecular formula is C17H17Cl3N2O3.